The number of fused-ring (bicyclic) bond motifs is 1. The first-order valence-corrected chi connectivity index (χ1v) is 12.5. The second-order valence-corrected chi connectivity index (χ2v) is 10.1. The minimum absolute atomic E-state index is 0.291. The smallest absolute Gasteiger partial charge is 0.268 e. The van der Waals surface area contributed by atoms with Gasteiger partial charge in [0.2, 0.25) is 0 Å². The van der Waals surface area contributed by atoms with E-state index in [0.29, 0.717) is 10.4 Å². The first-order chi connectivity index (χ1) is 16.1. The standard InChI is InChI=1S/C26H27N3O3S/c1-32-22-8-5-7-21(19-22)20-27-15-17-28(18-16-27)25-11-6-12-26-24(25)13-14-29(26)33(30,31)23-9-3-2-4-10-23/h2-14,19H,15-18,20H2,1H3. The van der Waals surface area contributed by atoms with E-state index < -0.39 is 10.0 Å². The number of benzene rings is 3. The minimum atomic E-state index is -3.64. The van der Waals surface area contributed by atoms with Crippen molar-refractivity contribution in [3.63, 3.8) is 0 Å². The summed E-state index contributed by atoms with van der Waals surface area (Å²) in [5.41, 5.74) is 3.03. The molecule has 0 radical (unpaired) electrons. The molecule has 6 nitrogen and oxygen atoms in total. The van der Waals surface area contributed by atoms with E-state index in [0.717, 1.165) is 49.5 Å². The molecule has 0 spiro atoms. The summed E-state index contributed by atoms with van der Waals surface area (Å²) in [6.07, 6.45) is 1.66. The first-order valence-electron chi connectivity index (χ1n) is 11.1. The average Bonchev–Trinajstić information content (AvgIpc) is 3.31. The monoisotopic (exact) mass is 461 g/mol. The molecule has 1 aromatic heterocycles. The molecule has 4 aromatic rings. The summed E-state index contributed by atoms with van der Waals surface area (Å²) in [5.74, 6) is 0.882. The summed E-state index contributed by atoms with van der Waals surface area (Å²) in [4.78, 5) is 5.08. The number of rotatable bonds is 6. The molecule has 1 aliphatic rings. The molecule has 0 aliphatic carbocycles. The Morgan fingerprint density at radius 3 is 2.36 bits per heavy atom. The molecular weight excluding hydrogens is 434 g/mol. The van der Waals surface area contributed by atoms with Crippen LogP contribution in [0.4, 0.5) is 5.69 Å². The lowest BCUT2D eigenvalue weighted by Crippen LogP contribution is -2.46. The zero-order chi connectivity index (χ0) is 22.8. The van der Waals surface area contributed by atoms with Crippen LogP contribution in [0.3, 0.4) is 0 Å². The number of hydrogen-bond acceptors (Lipinski definition) is 5. The molecule has 170 valence electrons. The maximum Gasteiger partial charge on any atom is 0.268 e. The number of hydrogen-bond donors (Lipinski definition) is 0. The van der Waals surface area contributed by atoms with Gasteiger partial charge >= 0.3 is 0 Å². The number of anilines is 1. The molecule has 0 unspecified atom stereocenters. The third-order valence-corrected chi connectivity index (χ3v) is 7.93. The Hall–Kier alpha value is -3.29. The van der Waals surface area contributed by atoms with Crippen molar-refractivity contribution in [1.29, 1.82) is 0 Å². The molecule has 2 heterocycles. The molecule has 0 saturated carbocycles. The van der Waals surface area contributed by atoms with Gasteiger partial charge in [-0.1, -0.05) is 36.4 Å². The molecule has 0 amide bonds. The lowest BCUT2D eigenvalue weighted by atomic mass is 10.1. The quantitative estimate of drug-likeness (QED) is 0.431. The van der Waals surface area contributed by atoms with Crippen LogP contribution < -0.4 is 9.64 Å². The number of ether oxygens (including phenoxy) is 1. The zero-order valence-corrected chi connectivity index (χ0v) is 19.4. The highest BCUT2D eigenvalue weighted by atomic mass is 32.2. The highest BCUT2D eigenvalue weighted by molar-refractivity contribution is 7.90. The zero-order valence-electron chi connectivity index (χ0n) is 18.6. The number of aromatic nitrogens is 1. The Morgan fingerprint density at radius 2 is 1.61 bits per heavy atom. The van der Waals surface area contributed by atoms with E-state index in [1.54, 1.807) is 37.6 Å². The van der Waals surface area contributed by atoms with Crippen molar-refractivity contribution in [2.45, 2.75) is 11.4 Å². The lowest BCUT2D eigenvalue weighted by molar-refractivity contribution is 0.249. The molecule has 0 atom stereocenters. The van der Waals surface area contributed by atoms with Crippen LogP contribution >= 0.6 is 0 Å². The van der Waals surface area contributed by atoms with E-state index in [1.807, 2.05) is 36.4 Å². The fourth-order valence-electron chi connectivity index (χ4n) is 4.49. The van der Waals surface area contributed by atoms with Gasteiger partial charge in [0.25, 0.3) is 10.0 Å². The maximum atomic E-state index is 13.2. The van der Waals surface area contributed by atoms with Gasteiger partial charge in [0.15, 0.2) is 0 Å². The van der Waals surface area contributed by atoms with Gasteiger partial charge in [-0.2, -0.15) is 0 Å². The fourth-order valence-corrected chi connectivity index (χ4v) is 5.86. The summed E-state index contributed by atoms with van der Waals surface area (Å²) in [6, 6.07) is 24.6. The molecule has 0 bridgehead atoms. The van der Waals surface area contributed by atoms with Gasteiger partial charge in [0, 0.05) is 50.0 Å². The van der Waals surface area contributed by atoms with E-state index >= 15 is 0 Å². The van der Waals surface area contributed by atoms with E-state index in [-0.39, 0.29) is 0 Å². The maximum absolute atomic E-state index is 13.2. The molecule has 33 heavy (non-hydrogen) atoms. The molecule has 3 aromatic carbocycles. The van der Waals surface area contributed by atoms with Crippen molar-refractivity contribution in [3.8, 4) is 5.75 Å². The molecule has 7 heteroatoms. The van der Waals surface area contributed by atoms with Crippen LogP contribution in [0.5, 0.6) is 5.75 Å². The van der Waals surface area contributed by atoms with Crippen LogP contribution in [-0.4, -0.2) is 50.6 Å². The Kier molecular flexibility index (Phi) is 5.83. The van der Waals surface area contributed by atoms with Crippen molar-refractivity contribution >= 4 is 26.6 Å². The third-order valence-electron chi connectivity index (χ3n) is 6.23. The largest absolute Gasteiger partial charge is 0.497 e. The summed E-state index contributed by atoms with van der Waals surface area (Å²) in [7, 11) is -1.95. The van der Waals surface area contributed by atoms with E-state index in [1.165, 1.54) is 9.54 Å². The average molecular weight is 462 g/mol. The minimum Gasteiger partial charge on any atom is -0.497 e. The van der Waals surface area contributed by atoms with Gasteiger partial charge in [0.05, 0.1) is 17.5 Å². The van der Waals surface area contributed by atoms with Crippen molar-refractivity contribution in [2.24, 2.45) is 0 Å². The summed E-state index contributed by atoms with van der Waals surface area (Å²) in [5, 5.41) is 0.957. The highest BCUT2D eigenvalue weighted by Gasteiger charge is 2.23. The predicted molar refractivity (Wildman–Crippen MR) is 131 cm³/mol. The van der Waals surface area contributed by atoms with Crippen LogP contribution in [0.2, 0.25) is 0 Å². The van der Waals surface area contributed by atoms with Gasteiger partial charge in [0.1, 0.15) is 5.75 Å². The summed E-state index contributed by atoms with van der Waals surface area (Å²) in [6.45, 7) is 4.55. The van der Waals surface area contributed by atoms with Crippen LogP contribution in [0, 0.1) is 0 Å². The van der Waals surface area contributed by atoms with E-state index in [4.69, 9.17) is 4.74 Å². The van der Waals surface area contributed by atoms with Gasteiger partial charge in [-0.25, -0.2) is 12.4 Å². The van der Waals surface area contributed by atoms with Crippen LogP contribution in [-0.2, 0) is 16.6 Å². The molecule has 5 rings (SSSR count). The fraction of sp³-hybridized carbons (Fsp3) is 0.231. The second kappa shape index (κ2) is 8.92. The first kappa shape index (κ1) is 21.6. The van der Waals surface area contributed by atoms with E-state index in [2.05, 4.69) is 28.0 Å². The second-order valence-electron chi connectivity index (χ2n) is 8.25. The van der Waals surface area contributed by atoms with Gasteiger partial charge < -0.3 is 9.64 Å². The molecule has 1 aliphatic heterocycles. The van der Waals surface area contributed by atoms with Crippen LogP contribution in [0.25, 0.3) is 10.9 Å². The van der Waals surface area contributed by atoms with Crippen molar-refractivity contribution < 1.29 is 13.2 Å². The summed E-state index contributed by atoms with van der Waals surface area (Å²) < 4.78 is 33.1. The highest BCUT2D eigenvalue weighted by Crippen LogP contribution is 2.31. The van der Waals surface area contributed by atoms with Crippen molar-refractivity contribution in [3.05, 3.63) is 90.6 Å². The Bertz CT molecular complexity index is 1360. The van der Waals surface area contributed by atoms with Crippen LogP contribution in [0.1, 0.15) is 5.56 Å². The van der Waals surface area contributed by atoms with Crippen molar-refractivity contribution in [1.82, 2.24) is 8.87 Å². The number of piperazine rings is 1. The lowest BCUT2D eigenvalue weighted by Gasteiger charge is -2.36. The SMILES string of the molecule is COc1cccc(CN2CCN(c3cccc4c3ccn4S(=O)(=O)c3ccccc3)CC2)c1. The summed E-state index contributed by atoms with van der Waals surface area (Å²) >= 11 is 0. The Labute approximate surface area is 194 Å². The Balaban J connectivity index is 1.35. The Morgan fingerprint density at radius 1 is 0.848 bits per heavy atom. The van der Waals surface area contributed by atoms with Crippen molar-refractivity contribution in [2.75, 3.05) is 38.2 Å². The number of methoxy groups -OCH3 is 1. The topological polar surface area (TPSA) is 54.8 Å². The molecule has 0 N–H and O–H groups in total. The van der Waals surface area contributed by atoms with Gasteiger partial charge in [-0.3, -0.25) is 4.90 Å². The van der Waals surface area contributed by atoms with Gasteiger partial charge in [-0.05, 0) is 48.0 Å². The van der Waals surface area contributed by atoms with Crippen LogP contribution in [0.15, 0.2) is 90.0 Å². The third kappa shape index (κ3) is 4.21. The van der Waals surface area contributed by atoms with E-state index in [9.17, 15) is 8.42 Å². The predicted octanol–water partition coefficient (Wildman–Crippen LogP) is 4.21. The molecular formula is C26H27N3O3S. The normalized spacial score (nSPS) is 15.1. The molecule has 1 saturated heterocycles. The number of nitrogens with zero attached hydrogens (tertiary/aromatic N) is 3. The molecule has 1 fully saturated rings. The van der Waals surface area contributed by atoms with Gasteiger partial charge in [-0.15, -0.1) is 0 Å².